The Morgan fingerprint density at radius 2 is 1.02 bits per heavy atom. The minimum absolute atomic E-state index is 0.0390. The lowest BCUT2D eigenvalue weighted by atomic mass is 10.1. The summed E-state index contributed by atoms with van der Waals surface area (Å²) in [5, 5.41) is 0. The molecule has 0 saturated carbocycles. The standard InChI is InChI=1S/C41H68NO8P/c1-3-5-7-9-11-13-15-17-19-21-23-25-27-29-31-33-40(43)47-37-39(38-49-51(45,46)48-36-35-42)50-41(44)34-32-30-28-26-24-22-20-18-16-14-12-10-8-6-4-2/h5-8,11-14,17-20,24,26,39H,3-4,9-10,15-16,21-23,25,27-38,42H2,1-2H3,(H,45,46)/b7-5-,8-6-,13-11-,14-12-,19-17-,20-18-,26-24-/t39-/m1/s1. The first kappa shape index (κ1) is 48.2. The van der Waals surface area contributed by atoms with Gasteiger partial charge in [0, 0.05) is 19.4 Å². The van der Waals surface area contributed by atoms with Crippen molar-refractivity contribution >= 4 is 19.8 Å². The third-order valence-electron chi connectivity index (χ3n) is 7.28. The summed E-state index contributed by atoms with van der Waals surface area (Å²) in [5.41, 5.74) is 5.33. The number of unbranched alkanes of at least 4 members (excludes halogenated alkanes) is 7. The van der Waals surface area contributed by atoms with Gasteiger partial charge in [0.1, 0.15) is 6.61 Å². The fourth-order valence-electron chi connectivity index (χ4n) is 4.52. The molecule has 0 spiro atoms. The molecule has 0 rings (SSSR count). The van der Waals surface area contributed by atoms with Crippen molar-refractivity contribution in [2.24, 2.45) is 5.73 Å². The Labute approximate surface area is 309 Å². The van der Waals surface area contributed by atoms with Gasteiger partial charge in [-0.15, -0.1) is 0 Å². The van der Waals surface area contributed by atoms with Crippen LogP contribution in [0, 0.1) is 0 Å². The van der Waals surface area contributed by atoms with Crippen LogP contribution in [0.4, 0.5) is 0 Å². The van der Waals surface area contributed by atoms with E-state index in [2.05, 4.69) is 98.9 Å². The molecule has 0 bridgehead atoms. The number of carbonyl (C=O) groups excluding carboxylic acids is 2. The van der Waals surface area contributed by atoms with Crippen LogP contribution < -0.4 is 5.73 Å². The first-order chi connectivity index (χ1) is 24.8. The molecule has 0 aliphatic rings. The summed E-state index contributed by atoms with van der Waals surface area (Å²) < 4.78 is 32.6. The normalized spacial score (nSPS) is 14.4. The second-order valence-electron chi connectivity index (χ2n) is 12.0. The van der Waals surface area contributed by atoms with Crippen molar-refractivity contribution in [2.45, 2.75) is 136 Å². The number of allylic oxidation sites excluding steroid dienone is 14. The fourth-order valence-corrected chi connectivity index (χ4v) is 5.28. The van der Waals surface area contributed by atoms with Gasteiger partial charge in [-0.25, -0.2) is 4.57 Å². The summed E-state index contributed by atoms with van der Waals surface area (Å²) >= 11 is 0. The molecule has 3 N–H and O–H groups in total. The van der Waals surface area contributed by atoms with Gasteiger partial charge in [-0.1, -0.05) is 118 Å². The van der Waals surface area contributed by atoms with Crippen LogP contribution in [0.1, 0.15) is 129 Å². The average Bonchev–Trinajstić information content (AvgIpc) is 3.11. The highest BCUT2D eigenvalue weighted by molar-refractivity contribution is 7.47. The first-order valence-electron chi connectivity index (χ1n) is 19.1. The predicted molar refractivity (Wildman–Crippen MR) is 210 cm³/mol. The highest BCUT2D eigenvalue weighted by Gasteiger charge is 2.25. The Balaban J connectivity index is 4.35. The summed E-state index contributed by atoms with van der Waals surface area (Å²) in [4.78, 5) is 34.7. The molecule has 0 aromatic carbocycles. The van der Waals surface area contributed by atoms with Crippen LogP contribution >= 0.6 is 7.82 Å². The largest absolute Gasteiger partial charge is 0.472 e. The first-order valence-corrected chi connectivity index (χ1v) is 20.6. The summed E-state index contributed by atoms with van der Waals surface area (Å²) in [6.07, 6.45) is 44.7. The number of carbonyl (C=O) groups is 2. The number of esters is 2. The smallest absolute Gasteiger partial charge is 0.462 e. The zero-order valence-corrected chi connectivity index (χ0v) is 32.4. The lowest BCUT2D eigenvalue weighted by Gasteiger charge is -2.19. The van der Waals surface area contributed by atoms with E-state index in [0.717, 1.165) is 89.9 Å². The maximum Gasteiger partial charge on any atom is 0.472 e. The third kappa shape index (κ3) is 36.8. The zero-order chi connectivity index (χ0) is 37.5. The maximum absolute atomic E-state index is 12.5. The van der Waals surface area contributed by atoms with E-state index in [-0.39, 0.29) is 32.6 Å². The van der Waals surface area contributed by atoms with Crippen molar-refractivity contribution in [2.75, 3.05) is 26.4 Å². The highest BCUT2D eigenvalue weighted by Crippen LogP contribution is 2.43. The van der Waals surface area contributed by atoms with E-state index in [1.165, 1.54) is 0 Å². The number of hydrogen-bond donors (Lipinski definition) is 2. The van der Waals surface area contributed by atoms with Crippen LogP contribution in [-0.4, -0.2) is 49.3 Å². The molecule has 1 unspecified atom stereocenters. The Morgan fingerprint density at radius 3 is 1.55 bits per heavy atom. The molecule has 0 fully saturated rings. The van der Waals surface area contributed by atoms with Crippen molar-refractivity contribution in [1.82, 2.24) is 0 Å². The van der Waals surface area contributed by atoms with Gasteiger partial charge in [0.25, 0.3) is 0 Å². The van der Waals surface area contributed by atoms with Gasteiger partial charge in [-0.3, -0.25) is 18.6 Å². The quantitative estimate of drug-likeness (QED) is 0.0287. The average molecular weight is 734 g/mol. The van der Waals surface area contributed by atoms with Crippen molar-refractivity contribution in [3.05, 3.63) is 85.1 Å². The Bertz CT molecular complexity index is 1110. The SMILES string of the molecule is CC/C=C\C/C=C\C/C=C\C/C=C\CCCCC(=O)O[C@H](COC(=O)CCCCCCC/C=C\C/C=C\C/C=C\CC)COP(=O)(O)OCCN. The van der Waals surface area contributed by atoms with Crippen LogP contribution in [0.2, 0.25) is 0 Å². The Hall–Kier alpha value is -2.81. The van der Waals surface area contributed by atoms with Gasteiger partial charge in [0.15, 0.2) is 6.10 Å². The van der Waals surface area contributed by atoms with Crippen molar-refractivity contribution < 1.29 is 37.6 Å². The monoisotopic (exact) mass is 733 g/mol. The minimum atomic E-state index is -4.39. The molecule has 2 atom stereocenters. The summed E-state index contributed by atoms with van der Waals surface area (Å²) in [5.74, 6) is -0.909. The number of phosphoric acid groups is 1. The van der Waals surface area contributed by atoms with Crippen molar-refractivity contribution in [1.29, 1.82) is 0 Å². The lowest BCUT2D eigenvalue weighted by molar-refractivity contribution is -0.161. The molecular formula is C41H68NO8P. The van der Waals surface area contributed by atoms with Gasteiger partial charge < -0.3 is 20.1 Å². The second-order valence-corrected chi connectivity index (χ2v) is 13.5. The molecule has 10 heteroatoms. The second kappa shape index (κ2) is 37.0. The van der Waals surface area contributed by atoms with E-state index in [1.807, 2.05) is 0 Å². The molecule has 0 amide bonds. The predicted octanol–water partition coefficient (Wildman–Crippen LogP) is 10.5. The molecule has 0 aliphatic heterocycles. The summed E-state index contributed by atoms with van der Waals surface area (Å²) in [6.45, 7) is 3.40. The van der Waals surface area contributed by atoms with Crippen molar-refractivity contribution in [3.63, 3.8) is 0 Å². The van der Waals surface area contributed by atoms with E-state index in [0.29, 0.717) is 12.8 Å². The van der Waals surface area contributed by atoms with Gasteiger partial charge in [-0.2, -0.15) is 0 Å². The fraction of sp³-hybridized carbons (Fsp3) is 0.610. The molecule has 51 heavy (non-hydrogen) atoms. The van der Waals surface area contributed by atoms with Crippen molar-refractivity contribution in [3.8, 4) is 0 Å². The molecule has 0 aliphatic carbocycles. The van der Waals surface area contributed by atoms with E-state index in [4.69, 9.17) is 24.3 Å². The van der Waals surface area contributed by atoms with Crippen LogP contribution in [0.25, 0.3) is 0 Å². The highest BCUT2D eigenvalue weighted by atomic mass is 31.2. The molecule has 290 valence electrons. The van der Waals surface area contributed by atoms with Gasteiger partial charge in [0.2, 0.25) is 0 Å². The molecule has 0 aromatic rings. The van der Waals surface area contributed by atoms with E-state index in [9.17, 15) is 19.0 Å². The molecular weight excluding hydrogens is 665 g/mol. The molecule has 0 saturated heterocycles. The number of rotatable bonds is 34. The molecule has 9 nitrogen and oxygen atoms in total. The van der Waals surface area contributed by atoms with Crippen LogP contribution in [0.3, 0.4) is 0 Å². The molecule has 0 aromatic heterocycles. The molecule has 0 heterocycles. The van der Waals surface area contributed by atoms with Crippen LogP contribution in [0.5, 0.6) is 0 Å². The van der Waals surface area contributed by atoms with Gasteiger partial charge in [0.05, 0.1) is 13.2 Å². The molecule has 0 radical (unpaired) electrons. The number of ether oxygens (including phenoxy) is 2. The third-order valence-corrected chi connectivity index (χ3v) is 8.26. The Kier molecular flexibility index (Phi) is 34.9. The van der Waals surface area contributed by atoms with Crippen LogP contribution in [0.15, 0.2) is 85.1 Å². The zero-order valence-electron chi connectivity index (χ0n) is 31.5. The summed E-state index contributed by atoms with van der Waals surface area (Å²) in [6, 6.07) is 0. The van der Waals surface area contributed by atoms with Gasteiger partial charge >= 0.3 is 19.8 Å². The van der Waals surface area contributed by atoms with E-state index < -0.39 is 32.5 Å². The number of hydrogen-bond acceptors (Lipinski definition) is 8. The topological polar surface area (TPSA) is 134 Å². The number of phosphoric ester groups is 1. The maximum atomic E-state index is 12.5. The van der Waals surface area contributed by atoms with E-state index in [1.54, 1.807) is 0 Å². The Morgan fingerprint density at radius 1 is 0.588 bits per heavy atom. The minimum Gasteiger partial charge on any atom is -0.462 e. The van der Waals surface area contributed by atoms with Gasteiger partial charge in [-0.05, 0) is 83.5 Å². The van der Waals surface area contributed by atoms with E-state index >= 15 is 0 Å². The lowest BCUT2D eigenvalue weighted by Crippen LogP contribution is -2.29. The summed E-state index contributed by atoms with van der Waals surface area (Å²) in [7, 11) is -4.39. The van der Waals surface area contributed by atoms with Crippen LogP contribution in [-0.2, 0) is 32.7 Å². The number of nitrogens with two attached hydrogens (primary N) is 1.